The van der Waals surface area contributed by atoms with Crippen molar-refractivity contribution in [3.63, 3.8) is 0 Å². The van der Waals surface area contributed by atoms with Gasteiger partial charge in [0.05, 0.1) is 5.02 Å². The van der Waals surface area contributed by atoms with Crippen molar-refractivity contribution in [2.24, 2.45) is 11.8 Å². The van der Waals surface area contributed by atoms with E-state index in [0.717, 1.165) is 30.4 Å². The molecule has 0 spiro atoms. The minimum absolute atomic E-state index is 0.229. The van der Waals surface area contributed by atoms with E-state index in [9.17, 15) is 4.39 Å². The second-order valence-corrected chi connectivity index (χ2v) is 6.10. The number of nitrogens with one attached hydrogen (secondary N) is 1. The quantitative estimate of drug-likeness (QED) is 0.843. The lowest BCUT2D eigenvalue weighted by atomic mass is 9.86. The number of rotatable bonds is 5. The fourth-order valence-corrected chi connectivity index (χ4v) is 3.53. The van der Waals surface area contributed by atoms with Gasteiger partial charge in [0.15, 0.2) is 0 Å². The Labute approximate surface area is 120 Å². The molecule has 1 aromatic rings. The SMILES string of the molecule is CCNC(Cc1ccc(F)c(Cl)c1)C1CCCC1C. The fourth-order valence-electron chi connectivity index (χ4n) is 3.33. The predicted octanol–water partition coefficient (Wildman–Crippen LogP) is 4.44. The van der Waals surface area contributed by atoms with Gasteiger partial charge in [-0.15, -0.1) is 0 Å². The highest BCUT2D eigenvalue weighted by Crippen LogP contribution is 2.35. The van der Waals surface area contributed by atoms with Crippen LogP contribution in [-0.2, 0) is 6.42 Å². The molecule has 106 valence electrons. The average Bonchev–Trinajstić information content (AvgIpc) is 2.79. The smallest absolute Gasteiger partial charge is 0.141 e. The molecule has 3 heteroatoms. The Kier molecular flexibility index (Phi) is 5.23. The molecular weight excluding hydrogens is 261 g/mol. The Morgan fingerprint density at radius 2 is 2.21 bits per heavy atom. The molecule has 0 heterocycles. The first kappa shape index (κ1) is 14.8. The van der Waals surface area contributed by atoms with Gasteiger partial charge in [-0.1, -0.05) is 44.4 Å². The molecule has 0 radical (unpaired) electrons. The van der Waals surface area contributed by atoms with Crippen LogP contribution in [0.25, 0.3) is 0 Å². The summed E-state index contributed by atoms with van der Waals surface area (Å²) in [6.07, 6.45) is 4.89. The van der Waals surface area contributed by atoms with Crippen LogP contribution >= 0.6 is 11.6 Å². The number of halogens is 2. The van der Waals surface area contributed by atoms with Gasteiger partial charge in [-0.05, 0) is 48.9 Å². The van der Waals surface area contributed by atoms with Crippen LogP contribution in [0.1, 0.15) is 38.7 Å². The monoisotopic (exact) mass is 283 g/mol. The van der Waals surface area contributed by atoms with Crippen LogP contribution in [0, 0.1) is 17.7 Å². The van der Waals surface area contributed by atoms with Crippen molar-refractivity contribution in [2.75, 3.05) is 6.54 Å². The fraction of sp³-hybridized carbons (Fsp3) is 0.625. The van der Waals surface area contributed by atoms with Gasteiger partial charge in [-0.3, -0.25) is 0 Å². The van der Waals surface area contributed by atoms with Crippen LogP contribution in [-0.4, -0.2) is 12.6 Å². The third-order valence-corrected chi connectivity index (χ3v) is 4.64. The van der Waals surface area contributed by atoms with Gasteiger partial charge >= 0.3 is 0 Å². The minimum Gasteiger partial charge on any atom is -0.314 e. The van der Waals surface area contributed by atoms with Crippen LogP contribution in [0.4, 0.5) is 4.39 Å². The lowest BCUT2D eigenvalue weighted by Gasteiger charge is -2.28. The molecule has 3 unspecified atom stereocenters. The number of hydrogen-bond acceptors (Lipinski definition) is 1. The van der Waals surface area contributed by atoms with Gasteiger partial charge in [-0.25, -0.2) is 4.39 Å². The number of benzene rings is 1. The lowest BCUT2D eigenvalue weighted by Crippen LogP contribution is -2.39. The molecule has 1 fully saturated rings. The Hall–Kier alpha value is -0.600. The zero-order valence-electron chi connectivity index (χ0n) is 11.8. The summed E-state index contributed by atoms with van der Waals surface area (Å²) in [5.74, 6) is 1.17. The van der Waals surface area contributed by atoms with Gasteiger partial charge in [0, 0.05) is 6.04 Å². The molecule has 2 rings (SSSR count). The Bertz CT molecular complexity index is 421. The summed E-state index contributed by atoms with van der Waals surface area (Å²) in [4.78, 5) is 0. The van der Waals surface area contributed by atoms with Crippen LogP contribution in [0.2, 0.25) is 5.02 Å². The van der Waals surface area contributed by atoms with Crippen LogP contribution in [0.15, 0.2) is 18.2 Å². The highest BCUT2D eigenvalue weighted by atomic mass is 35.5. The Morgan fingerprint density at radius 3 is 2.79 bits per heavy atom. The first-order valence-electron chi connectivity index (χ1n) is 7.29. The number of likely N-dealkylation sites (N-methyl/N-ethyl adjacent to an activating group) is 1. The first-order chi connectivity index (χ1) is 9.11. The maximum Gasteiger partial charge on any atom is 0.141 e. The minimum atomic E-state index is -0.334. The number of hydrogen-bond donors (Lipinski definition) is 1. The average molecular weight is 284 g/mol. The molecular formula is C16H23ClFN. The molecule has 0 saturated heterocycles. The van der Waals surface area contributed by atoms with Gasteiger partial charge in [0.1, 0.15) is 5.82 Å². The van der Waals surface area contributed by atoms with Crippen molar-refractivity contribution < 1.29 is 4.39 Å². The molecule has 0 amide bonds. The van der Waals surface area contributed by atoms with E-state index < -0.39 is 0 Å². The van der Waals surface area contributed by atoms with Gasteiger partial charge < -0.3 is 5.32 Å². The van der Waals surface area contributed by atoms with Crippen LogP contribution in [0.5, 0.6) is 0 Å². The van der Waals surface area contributed by atoms with Crippen molar-refractivity contribution in [3.8, 4) is 0 Å². The lowest BCUT2D eigenvalue weighted by molar-refractivity contribution is 0.298. The maximum absolute atomic E-state index is 13.2. The zero-order valence-corrected chi connectivity index (χ0v) is 12.5. The van der Waals surface area contributed by atoms with E-state index in [0.29, 0.717) is 6.04 Å². The van der Waals surface area contributed by atoms with Crippen LogP contribution < -0.4 is 5.32 Å². The van der Waals surface area contributed by atoms with Crippen molar-refractivity contribution in [2.45, 2.75) is 45.6 Å². The summed E-state index contributed by atoms with van der Waals surface area (Å²) in [5.41, 5.74) is 1.12. The van der Waals surface area contributed by atoms with Gasteiger partial charge in [-0.2, -0.15) is 0 Å². The molecule has 1 aromatic carbocycles. The Morgan fingerprint density at radius 1 is 1.42 bits per heavy atom. The molecule has 1 aliphatic carbocycles. The second-order valence-electron chi connectivity index (χ2n) is 5.69. The molecule has 1 saturated carbocycles. The highest BCUT2D eigenvalue weighted by Gasteiger charge is 2.30. The molecule has 1 nitrogen and oxygen atoms in total. The van der Waals surface area contributed by atoms with Crippen molar-refractivity contribution in [1.29, 1.82) is 0 Å². The molecule has 0 bridgehead atoms. The van der Waals surface area contributed by atoms with E-state index in [1.807, 2.05) is 6.07 Å². The summed E-state index contributed by atoms with van der Waals surface area (Å²) in [5, 5.41) is 3.83. The normalized spacial score (nSPS) is 24.6. The van der Waals surface area contributed by atoms with E-state index in [-0.39, 0.29) is 10.8 Å². The third-order valence-electron chi connectivity index (χ3n) is 4.35. The third kappa shape index (κ3) is 3.70. The summed E-state index contributed by atoms with van der Waals surface area (Å²) in [6, 6.07) is 5.56. The summed E-state index contributed by atoms with van der Waals surface area (Å²) < 4.78 is 13.2. The molecule has 3 atom stereocenters. The summed E-state index contributed by atoms with van der Waals surface area (Å²) in [7, 11) is 0. The molecule has 0 aromatic heterocycles. The van der Waals surface area contributed by atoms with Gasteiger partial charge in [0.2, 0.25) is 0 Å². The molecule has 1 N–H and O–H groups in total. The molecule has 0 aliphatic heterocycles. The largest absolute Gasteiger partial charge is 0.314 e. The van der Waals surface area contributed by atoms with Gasteiger partial charge in [0.25, 0.3) is 0 Å². The second kappa shape index (κ2) is 6.71. The van der Waals surface area contributed by atoms with E-state index >= 15 is 0 Å². The highest BCUT2D eigenvalue weighted by molar-refractivity contribution is 6.30. The summed E-state index contributed by atoms with van der Waals surface area (Å²) in [6.45, 7) is 5.46. The van der Waals surface area contributed by atoms with Crippen molar-refractivity contribution >= 4 is 11.6 Å². The van der Waals surface area contributed by atoms with E-state index in [1.165, 1.54) is 25.3 Å². The predicted molar refractivity (Wildman–Crippen MR) is 79.1 cm³/mol. The van der Waals surface area contributed by atoms with E-state index in [2.05, 4.69) is 19.2 Å². The van der Waals surface area contributed by atoms with E-state index in [1.54, 1.807) is 6.07 Å². The first-order valence-corrected chi connectivity index (χ1v) is 7.67. The molecule has 19 heavy (non-hydrogen) atoms. The standard InChI is InChI=1S/C16H23ClFN/c1-3-19-16(13-6-4-5-11(13)2)10-12-7-8-15(18)14(17)9-12/h7-9,11,13,16,19H,3-6,10H2,1-2H3. The Balaban J connectivity index is 2.09. The molecule has 1 aliphatic rings. The topological polar surface area (TPSA) is 12.0 Å². The zero-order chi connectivity index (χ0) is 13.8. The van der Waals surface area contributed by atoms with Crippen LogP contribution in [0.3, 0.4) is 0 Å². The van der Waals surface area contributed by atoms with Crippen molar-refractivity contribution in [1.82, 2.24) is 5.32 Å². The van der Waals surface area contributed by atoms with Crippen molar-refractivity contribution in [3.05, 3.63) is 34.6 Å². The maximum atomic E-state index is 13.2. The van der Waals surface area contributed by atoms with E-state index in [4.69, 9.17) is 11.6 Å². The summed E-state index contributed by atoms with van der Waals surface area (Å²) >= 11 is 5.87.